The summed E-state index contributed by atoms with van der Waals surface area (Å²) in [7, 11) is 2.13. The summed E-state index contributed by atoms with van der Waals surface area (Å²) in [5.74, 6) is 0. The zero-order chi connectivity index (χ0) is 9.80. The minimum Gasteiger partial charge on any atom is -0.372 e. The number of pyridine rings is 1. The quantitative estimate of drug-likeness (QED) is 0.722. The highest BCUT2D eigenvalue weighted by atomic mass is 16.5. The van der Waals surface area contributed by atoms with Gasteiger partial charge in [0.15, 0.2) is 0 Å². The van der Waals surface area contributed by atoms with Gasteiger partial charge in [-0.2, -0.15) is 0 Å². The molecular formula is C11H16N2O. The zero-order valence-electron chi connectivity index (χ0n) is 8.52. The average Bonchev–Trinajstić information content (AvgIpc) is 2.63. The smallest absolute Gasteiger partial charge is 0.0736 e. The highest BCUT2D eigenvalue weighted by Gasteiger charge is 2.19. The Bertz CT molecular complexity index is 276. The van der Waals surface area contributed by atoms with Crippen LogP contribution >= 0.6 is 0 Å². The van der Waals surface area contributed by atoms with E-state index < -0.39 is 0 Å². The van der Waals surface area contributed by atoms with Crippen LogP contribution in [-0.4, -0.2) is 36.1 Å². The summed E-state index contributed by atoms with van der Waals surface area (Å²) in [6.07, 6.45) is 5.20. The van der Waals surface area contributed by atoms with Gasteiger partial charge in [0.05, 0.1) is 12.7 Å². The van der Waals surface area contributed by atoms with Crippen LogP contribution in [0.5, 0.6) is 0 Å². The first-order valence-electron chi connectivity index (χ1n) is 5.03. The Hall–Kier alpha value is -0.930. The molecule has 0 spiro atoms. The van der Waals surface area contributed by atoms with Gasteiger partial charge in [-0.3, -0.25) is 4.98 Å². The number of nitrogens with zero attached hydrogens (tertiary/aromatic N) is 2. The molecule has 1 aliphatic rings. The summed E-state index contributed by atoms with van der Waals surface area (Å²) >= 11 is 0. The second-order valence-corrected chi connectivity index (χ2v) is 3.85. The molecule has 0 saturated carbocycles. The fourth-order valence-electron chi connectivity index (χ4n) is 1.73. The van der Waals surface area contributed by atoms with E-state index in [1.807, 2.05) is 18.3 Å². The lowest BCUT2D eigenvalue weighted by molar-refractivity contribution is 0.0482. The van der Waals surface area contributed by atoms with Crippen LogP contribution in [0.2, 0.25) is 0 Å². The first kappa shape index (κ1) is 9.62. The minimum absolute atomic E-state index is 0.403. The van der Waals surface area contributed by atoms with Gasteiger partial charge in [-0.25, -0.2) is 0 Å². The van der Waals surface area contributed by atoms with E-state index in [9.17, 15) is 0 Å². The minimum atomic E-state index is 0.403. The van der Waals surface area contributed by atoms with Crippen LogP contribution in [0.1, 0.15) is 12.0 Å². The monoisotopic (exact) mass is 192 g/mol. The van der Waals surface area contributed by atoms with Crippen molar-refractivity contribution in [3.05, 3.63) is 30.1 Å². The highest BCUT2D eigenvalue weighted by molar-refractivity contribution is 5.06. The van der Waals surface area contributed by atoms with Crippen molar-refractivity contribution in [1.29, 1.82) is 0 Å². The highest BCUT2D eigenvalue weighted by Crippen LogP contribution is 2.12. The molecule has 14 heavy (non-hydrogen) atoms. The van der Waals surface area contributed by atoms with Gasteiger partial charge in [0.25, 0.3) is 0 Å². The maximum Gasteiger partial charge on any atom is 0.0736 e. The molecule has 0 unspecified atom stereocenters. The lowest BCUT2D eigenvalue weighted by atomic mass is 10.3. The van der Waals surface area contributed by atoms with Gasteiger partial charge in [-0.1, -0.05) is 6.07 Å². The van der Waals surface area contributed by atoms with Gasteiger partial charge < -0.3 is 9.64 Å². The van der Waals surface area contributed by atoms with Gasteiger partial charge in [0, 0.05) is 25.5 Å². The normalized spacial score (nSPS) is 22.8. The van der Waals surface area contributed by atoms with Crippen LogP contribution in [0, 0.1) is 0 Å². The van der Waals surface area contributed by atoms with Crippen molar-refractivity contribution in [3.63, 3.8) is 0 Å². The third-order valence-electron chi connectivity index (χ3n) is 2.56. The molecule has 1 aromatic heterocycles. The van der Waals surface area contributed by atoms with Crippen LogP contribution in [0.3, 0.4) is 0 Å². The lowest BCUT2D eigenvalue weighted by Gasteiger charge is -2.11. The van der Waals surface area contributed by atoms with E-state index in [0.29, 0.717) is 12.7 Å². The van der Waals surface area contributed by atoms with Crippen molar-refractivity contribution in [1.82, 2.24) is 9.88 Å². The van der Waals surface area contributed by atoms with Gasteiger partial charge in [-0.05, 0) is 25.1 Å². The number of hydrogen-bond donors (Lipinski definition) is 0. The maximum absolute atomic E-state index is 5.78. The summed E-state index contributed by atoms with van der Waals surface area (Å²) in [4.78, 5) is 6.35. The number of likely N-dealkylation sites (N-methyl/N-ethyl adjacent to an activating group) is 1. The van der Waals surface area contributed by atoms with E-state index in [1.54, 1.807) is 6.20 Å². The van der Waals surface area contributed by atoms with E-state index in [2.05, 4.69) is 16.9 Å². The third-order valence-corrected chi connectivity index (χ3v) is 2.56. The first-order chi connectivity index (χ1) is 6.84. The number of hydrogen-bond acceptors (Lipinski definition) is 3. The van der Waals surface area contributed by atoms with E-state index in [4.69, 9.17) is 4.74 Å². The Labute approximate surface area is 84.7 Å². The molecule has 1 atom stereocenters. The van der Waals surface area contributed by atoms with Crippen LogP contribution in [0.15, 0.2) is 24.5 Å². The molecule has 0 N–H and O–H groups in total. The fraction of sp³-hybridized carbons (Fsp3) is 0.545. The molecule has 1 aromatic rings. The van der Waals surface area contributed by atoms with Crippen LogP contribution in [-0.2, 0) is 11.3 Å². The van der Waals surface area contributed by atoms with Crippen molar-refractivity contribution in [2.45, 2.75) is 19.1 Å². The van der Waals surface area contributed by atoms with Gasteiger partial charge in [0.1, 0.15) is 0 Å². The Morgan fingerprint density at radius 3 is 3.21 bits per heavy atom. The standard InChI is InChI=1S/C11H16N2O/c1-13-6-4-11(8-13)14-9-10-3-2-5-12-7-10/h2-3,5,7,11H,4,6,8-9H2,1H3/t11-/m0/s1. The summed E-state index contributed by atoms with van der Waals surface area (Å²) in [5.41, 5.74) is 1.15. The third kappa shape index (κ3) is 2.53. The van der Waals surface area contributed by atoms with Crippen LogP contribution in [0.4, 0.5) is 0 Å². The Morgan fingerprint density at radius 2 is 2.57 bits per heavy atom. The summed E-state index contributed by atoms with van der Waals surface area (Å²) in [5, 5.41) is 0. The van der Waals surface area contributed by atoms with E-state index >= 15 is 0 Å². The van der Waals surface area contributed by atoms with Gasteiger partial charge in [-0.15, -0.1) is 0 Å². The second kappa shape index (κ2) is 4.53. The average molecular weight is 192 g/mol. The predicted molar refractivity (Wildman–Crippen MR) is 54.9 cm³/mol. The van der Waals surface area contributed by atoms with Gasteiger partial charge >= 0.3 is 0 Å². The molecule has 0 bridgehead atoms. The number of aromatic nitrogens is 1. The molecule has 2 heterocycles. The topological polar surface area (TPSA) is 25.4 Å². The predicted octanol–water partition coefficient (Wildman–Crippen LogP) is 1.30. The number of ether oxygens (including phenoxy) is 1. The molecule has 3 heteroatoms. The molecule has 76 valence electrons. The maximum atomic E-state index is 5.78. The Kier molecular flexibility index (Phi) is 3.11. The molecular weight excluding hydrogens is 176 g/mol. The molecule has 0 amide bonds. The fourth-order valence-corrected chi connectivity index (χ4v) is 1.73. The largest absolute Gasteiger partial charge is 0.372 e. The van der Waals surface area contributed by atoms with Crippen molar-refractivity contribution in [2.75, 3.05) is 20.1 Å². The van der Waals surface area contributed by atoms with E-state index in [1.165, 1.54) is 0 Å². The summed E-state index contributed by atoms with van der Waals surface area (Å²) < 4.78 is 5.78. The van der Waals surface area contributed by atoms with Crippen molar-refractivity contribution < 1.29 is 4.74 Å². The molecule has 0 aromatic carbocycles. The molecule has 0 aliphatic carbocycles. The van der Waals surface area contributed by atoms with Crippen molar-refractivity contribution >= 4 is 0 Å². The van der Waals surface area contributed by atoms with Gasteiger partial charge in [0.2, 0.25) is 0 Å². The second-order valence-electron chi connectivity index (χ2n) is 3.85. The molecule has 1 fully saturated rings. The molecule has 1 saturated heterocycles. The first-order valence-corrected chi connectivity index (χ1v) is 5.03. The Morgan fingerprint density at radius 1 is 1.64 bits per heavy atom. The molecule has 3 nitrogen and oxygen atoms in total. The molecule has 0 radical (unpaired) electrons. The Balaban J connectivity index is 1.78. The van der Waals surface area contributed by atoms with E-state index in [0.717, 1.165) is 25.1 Å². The number of likely N-dealkylation sites (tertiary alicyclic amines) is 1. The van der Waals surface area contributed by atoms with Crippen LogP contribution < -0.4 is 0 Å². The van der Waals surface area contributed by atoms with E-state index in [-0.39, 0.29) is 0 Å². The van der Waals surface area contributed by atoms with Crippen LogP contribution in [0.25, 0.3) is 0 Å². The zero-order valence-corrected chi connectivity index (χ0v) is 8.52. The number of rotatable bonds is 3. The molecule has 2 rings (SSSR count). The lowest BCUT2D eigenvalue weighted by Crippen LogP contribution is -2.18. The van der Waals surface area contributed by atoms with Crippen molar-refractivity contribution in [2.24, 2.45) is 0 Å². The SMILES string of the molecule is CN1CC[C@H](OCc2cccnc2)C1. The molecule has 1 aliphatic heterocycles. The summed E-state index contributed by atoms with van der Waals surface area (Å²) in [6.45, 7) is 2.89. The summed E-state index contributed by atoms with van der Waals surface area (Å²) in [6, 6.07) is 3.99. The van der Waals surface area contributed by atoms with Crippen molar-refractivity contribution in [3.8, 4) is 0 Å².